The van der Waals surface area contributed by atoms with Crippen LogP contribution in [0, 0.1) is 0 Å². The highest BCUT2D eigenvalue weighted by atomic mass is 16.3. The molecule has 96 valence electrons. The fourth-order valence-electron chi connectivity index (χ4n) is 2.03. The van der Waals surface area contributed by atoms with Crippen molar-refractivity contribution in [3.8, 4) is 0 Å². The molecule has 0 aliphatic carbocycles. The zero-order chi connectivity index (χ0) is 13.0. The average molecular weight is 244 g/mol. The Balaban J connectivity index is 2.04. The van der Waals surface area contributed by atoms with Crippen LogP contribution in [-0.4, -0.2) is 20.1 Å². The van der Waals surface area contributed by atoms with Gasteiger partial charge in [-0.15, -0.1) is 0 Å². The molecule has 3 heteroatoms. The van der Waals surface area contributed by atoms with Gasteiger partial charge in [-0.05, 0) is 31.2 Å². The number of anilines is 2. The highest BCUT2D eigenvalue weighted by Gasteiger charge is 2.09. The SMILES string of the molecule is CC(Cc1ccco1)Nc1ccccc1N(C)C. The topological polar surface area (TPSA) is 28.4 Å². The van der Waals surface area contributed by atoms with Crippen LogP contribution in [-0.2, 0) is 6.42 Å². The molecule has 18 heavy (non-hydrogen) atoms. The van der Waals surface area contributed by atoms with Crippen molar-refractivity contribution in [2.75, 3.05) is 24.3 Å². The van der Waals surface area contributed by atoms with Crippen LogP contribution in [0.3, 0.4) is 0 Å². The summed E-state index contributed by atoms with van der Waals surface area (Å²) in [5.74, 6) is 1.01. The van der Waals surface area contributed by atoms with Gasteiger partial charge in [0.05, 0.1) is 17.6 Å². The maximum Gasteiger partial charge on any atom is 0.105 e. The Labute approximate surface area is 108 Å². The smallest absolute Gasteiger partial charge is 0.105 e. The van der Waals surface area contributed by atoms with Gasteiger partial charge in [-0.25, -0.2) is 0 Å². The summed E-state index contributed by atoms with van der Waals surface area (Å²) < 4.78 is 5.37. The maximum absolute atomic E-state index is 5.37. The summed E-state index contributed by atoms with van der Waals surface area (Å²) in [6.07, 6.45) is 2.60. The van der Waals surface area contributed by atoms with Gasteiger partial charge < -0.3 is 14.6 Å². The zero-order valence-corrected chi connectivity index (χ0v) is 11.2. The second kappa shape index (κ2) is 5.63. The third-order valence-electron chi connectivity index (χ3n) is 2.88. The number of hydrogen-bond donors (Lipinski definition) is 1. The molecular weight excluding hydrogens is 224 g/mol. The Morgan fingerprint density at radius 2 is 1.94 bits per heavy atom. The largest absolute Gasteiger partial charge is 0.469 e. The third-order valence-corrected chi connectivity index (χ3v) is 2.88. The molecule has 1 aromatic heterocycles. The standard InChI is InChI=1S/C15H20N2O/c1-12(11-13-7-6-10-18-13)16-14-8-4-5-9-15(14)17(2)3/h4-10,12,16H,11H2,1-3H3. The zero-order valence-electron chi connectivity index (χ0n) is 11.2. The van der Waals surface area contributed by atoms with Crippen LogP contribution in [0.1, 0.15) is 12.7 Å². The van der Waals surface area contributed by atoms with Gasteiger partial charge >= 0.3 is 0 Å². The molecule has 3 nitrogen and oxygen atoms in total. The Hall–Kier alpha value is -1.90. The van der Waals surface area contributed by atoms with Crippen molar-refractivity contribution in [1.82, 2.24) is 0 Å². The predicted octanol–water partition coefficient (Wildman–Crippen LogP) is 3.39. The Bertz CT molecular complexity index is 477. The van der Waals surface area contributed by atoms with E-state index < -0.39 is 0 Å². The number of hydrogen-bond acceptors (Lipinski definition) is 3. The van der Waals surface area contributed by atoms with E-state index in [1.807, 2.05) is 12.1 Å². The first-order valence-electron chi connectivity index (χ1n) is 6.22. The van der Waals surface area contributed by atoms with Crippen molar-refractivity contribution < 1.29 is 4.42 Å². The molecule has 1 atom stereocenters. The van der Waals surface area contributed by atoms with E-state index in [4.69, 9.17) is 4.42 Å². The molecule has 1 unspecified atom stereocenters. The minimum Gasteiger partial charge on any atom is -0.469 e. The number of nitrogens with zero attached hydrogens (tertiary/aromatic N) is 1. The summed E-state index contributed by atoms with van der Waals surface area (Å²) in [6.45, 7) is 2.16. The van der Waals surface area contributed by atoms with E-state index >= 15 is 0 Å². The molecule has 0 radical (unpaired) electrons. The Kier molecular flexibility index (Phi) is 3.92. The van der Waals surface area contributed by atoms with Crippen LogP contribution >= 0.6 is 0 Å². The highest BCUT2D eigenvalue weighted by Crippen LogP contribution is 2.24. The van der Waals surface area contributed by atoms with Gasteiger partial charge in [-0.2, -0.15) is 0 Å². The molecule has 0 spiro atoms. The van der Waals surface area contributed by atoms with Crippen LogP contribution in [0.25, 0.3) is 0 Å². The van der Waals surface area contributed by atoms with Crippen LogP contribution in [0.2, 0.25) is 0 Å². The minimum atomic E-state index is 0.331. The number of rotatable bonds is 5. The van der Waals surface area contributed by atoms with Gasteiger partial charge in [0.15, 0.2) is 0 Å². The predicted molar refractivity (Wildman–Crippen MR) is 76.3 cm³/mol. The van der Waals surface area contributed by atoms with Crippen molar-refractivity contribution in [3.05, 3.63) is 48.4 Å². The molecule has 2 rings (SSSR count). The van der Waals surface area contributed by atoms with E-state index in [9.17, 15) is 0 Å². The normalized spacial score (nSPS) is 12.2. The molecule has 2 aromatic rings. The van der Waals surface area contributed by atoms with Crippen LogP contribution in [0.5, 0.6) is 0 Å². The van der Waals surface area contributed by atoms with Gasteiger partial charge in [0, 0.05) is 26.6 Å². The summed E-state index contributed by atoms with van der Waals surface area (Å²) in [6, 6.07) is 12.6. The molecule has 1 N–H and O–H groups in total. The number of nitrogens with one attached hydrogen (secondary N) is 1. The second-order valence-electron chi connectivity index (χ2n) is 4.74. The lowest BCUT2D eigenvalue weighted by Crippen LogP contribution is -2.20. The van der Waals surface area contributed by atoms with Gasteiger partial charge in [0.2, 0.25) is 0 Å². The quantitative estimate of drug-likeness (QED) is 0.874. The van der Waals surface area contributed by atoms with Crippen LogP contribution in [0.15, 0.2) is 47.1 Å². The van der Waals surface area contributed by atoms with Gasteiger partial charge in [0.25, 0.3) is 0 Å². The van der Waals surface area contributed by atoms with E-state index in [0.29, 0.717) is 6.04 Å². The molecule has 0 bridgehead atoms. The van der Waals surface area contributed by atoms with E-state index in [1.165, 1.54) is 5.69 Å². The second-order valence-corrected chi connectivity index (χ2v) is 4.74. The van der Waals surface area contributed by atoms with E-state index in [-0.39, 0.29) is 0 Å². The first kappa shape index (κ1) is 12.6. The summed E-state index contributed by atoms with van der Waals surface area (Å²) in [4.78, 5) is 2.11. The van der Waals surface area contributed by atoms with Crippen molar-refractivity contribution in [2.24, 2.45) is 0 Å². The summed E-state index contributed by atoms with van der Waals surface area (Å²) in [5.41, 5.74) is 2.35. The highest BCUT2D eigenvalue weighted by molar-refractivity contribution is 5.69. The first-order valence-corrected chi connectivity index (χ1v) is 6.22. The number of para-hydroxylation sites is 2. The first-order chi connectivity index (χ1) is 8.66. The molecule has 1 heterocycles. The fraction of sp³-hybridized carbons (Fsp3) is 0.333. The lowest BCUT2D eigenvalue weighted by Gasteiger charge is -2.21. The van der Waals surface area contributed by atoms with E-state index in [1.54, 1.807) is 6.26 Å². The molecule has 0 fully saturated rings. The molecule has 0 amide bonds. The average Bonchev–Trinajstić information content (AvgIpc) is 2.82. The lowest BCUT2D eigenvalue weighted by atomic mass is 10.1. The third kappa shape index (κ3) is 3.06. The summed E-state index contributed by atoms with van der Waals surface area (Å²) in [7, 11) is 4.11. The van der Waals surface area contributed by atoms with Gasteiger partial charge in [0.1, 0.15) is 5.76 Å². The van der Waals surface area contributed by atoms with Crippen molar-refractivity contribution in [1.29, 1.82) is 0 Å². The molecule has 0 aliphatic heterocycles. The summed E-state index contributed by atoms with van der Waals surface area (Å²) in [5, 5.41) is 3.53. The molecule has 1 aromatic carbocycles. The number of benzene rings is 1. The molecule has 0 saturated heterocycles. The van der Waals surface area contributed by atoms with Crippen molar-refractivity contribution in [3.63, 3.8) is 0 Å². The van der Waals surface area contributed by atoms with Crippen molar-refractivity contribution >= 4 is 11.4 Å². The molecular formula is C15H20N2O. The molecule has 0 aliphatic rings. The van der Waals surface area contributed by atoms with Gasteiger partial charge in [-0.3, -0.25) is 0 Å². The van der Waals surface area contributed by atoms with E-state index in [0.717, 1.165) is 17.9 Å². The van der Waals surface area contributed by atoms with E-state index in [2.05, 4.69) is 55.5 Å². The summed E-state index contributed by atoms with van der Waals surface area (Å²) >= 11 is 0. The fourth-order valence-corrected chi connectivity index (χ4v) is 2.03. The van der Waals surface area contributed by atoms with Gasteiger partial charge in [-0.1, -0.05) is 12.1 Å². The number of furan rings is 1. The molecule has 0 saturated carbocycles. The van der Waals surface area contributed by atoms with Crippen molar-refractivity contribution in [2.45, 2.75) is 19.4 Å². The monoisotopic (exact) mass is 244 g/mol. The maximum atomic E-state index is 5.37. The van der Waals surface area contributed by atoms with Crippen LogP contribution < -0.4 is 10.2 Å². The minimum absolute atomic E-state index is 0.331. The van der Waals surface area contributed by atoms with Crippen LogP contribution in [0.4, 0.5) is 11.4 Å². The lowest BCUT2D eigenvalue weighted by molar-refractivity contribution is 0.498. The Morgan fingerprint density at radius 1 is 1.17 bits per heavy atom. The Morgan fingerprint density at radius 3 is 2.61 bits per heavy atom.